The predicted molar refractivity (Wildman–Crippen MR) is 101 cm³/mol. The van der Waals surface area contributed by atoms with Crippen molar-refractivity contribution in [1.82, 2.24) is 20.1 Å². The Labute approximate surface area is 154 Å². The number of pyridine rings is 1. The Bertz CT molecular complexity index is 873. The highest BCUT2D eigenvalue weighted by molar-refractivity contribution is 9.10. The van der Waals surface area contributed by atoms with Gasteiger partial charge in [0.25, 0.3) is 5.91 Å². The van der Waals surface area contributed by atoms with Crippen LogP contribution in [0.2, 0.25) is 0 Å². The van der Waals surface area contributed by atoms with E-state index in [0.29, 0.717) is 12.1 Å². The van der Waals surface area contributed by atoms with Crippen LogP contribution in [0.3, 0.4) is 0 Å². The van der Waals surface area contributed by atoms with Gasteiger partial charge in [0.2, 0.25) is 0 Å². The number of nitrogens with zero attached hydrogens (tertiary/aromatic N) is 4. The molecular weight excluding hydrogens is 382 g/mol. The van der Waals surface area contributed by atoms with Crippen LogP contribution in [0, 0.1) is 0 Å². The first kappa shape index (κ1) is 17.2. The molecule has 2 heterocycles. The number of carbonyl (C=O) groups excluding carboxylic acids is 1. The molecule has 1 amide bonds. The second-order valence-electron chi connectivity index (χ2n) is 5.71. The number of carbonyl (C=O) groups is 1. The van der Waals surface area contributed by atoms with Crippen molar-refractivity contribution in [3.63, 3.8) is 0 Å². The van der Waals surface area contributed by atoms with Gasteiger partial charge in [-0.3, -0.25) is 4.79 Å². The highest BCUT2D eigenvalue weighted by Crippen LogP contribution is 2.15. The van der Waals surface area contributed by atoms with Gasteiger partial charge in [-0.25, -0.2) is 9.67 Å². The van der Waals surface area contributed by atoms with E-state index in [2.05, 4.69) is 31.3 Å². The second-order valence-corrected chi connectivity index (χ2v) is 6.63. The Kier molecular flexibility index (Phi) is 5.14. The standard InChI is InChI=1S/C18H18BrN5O/c1-23(2)17-14(4-3-9-20-17)10-21-18(25)13-5-7-16(8-6-13)24-12-15(19)11-22-24/h3-9,11-12H,10H2,1-2H3,(H,21,25). The van der Waals surface area contributed by atoms with Crippen LogP contribution in [-0.2, 0) is 6.54 Å². The van der Waals surface area contributed by atoms with Gasteiger partial charge in [-0.15, -0.1) is 0 Å². The lowest BCUT2D eigenvalue weighted by atomic mass is 10.2. The average molecular weight is 400 g/mol. The highest BCUT2D eigenvalue weighted by Gasteiger charge is 2.09. The molecule has 3 aromatic rings. The lowest BCUT2D eigenvalue weighted by Crippen LogP contribution is -2.24. The topological polar surface area (TPSA) is 63.1 Å². The van der Waals surface area contributed by atoms with Crippen molar-refractivity contribution >= 4 is 27.7 Å². The lowest BCUT2D eigenvalue weighted by Gasteiger charge is -2.16. The molecule has 1 aromatic carbocycles. The minimum Gasteiger partial charge on any atom is -0.362 e. The van der Waals surface area contributed by atoms with E-state index in [1.807, 2.05) is 49.5 Å². The van der Waals surface area contributed by atoms with Gasteiger partial charge in [-0.1, -0.05) is 6.07 Å². The van der Waals surface area contributed by atoms with Gasteiger partial charge in [-0.05, 0) is 46.3 Å². The van der Waals surface area contributed by atoms with Crippen LogP contribution < -0.4 is 10.2 Å². The van der Waals surface area contributed by atoms with Gasteiger partial charge >= 0.3 is 0 Å². The van der Waals surface area contributed by atoms with Gasteiger partial charge in [0.1, 0.15) is 5.82 Å². The molecule has 7 heteroatoms. The molecule has 1 N–H and O–H groups in total. The number of rotatable bonds is 5. The molecule has 0 fully saturated rings. The monoisotopic (exact) mass is 399 g/mol. The third-order valence-electron chi connectivity index (χ3n) is 3.68. The summed E-state index contributed by atoms with van der Waals surface area (Å²) < 4.78 is 2.65. The lowest BCUT2D eigenvalue weighted by molar-refractivity contribution is 0.0951. The van der Waals surface area contributed by atoms with E-state index in [4.69, 9.17) is 0 Å². The van der Waals surface area contributed by atoms with Gasteiger partial charge in [0.05, 0.1) is 16.4 Å². The van der Waals surface area contributed by atoms with E-state index in [9.17, 15) is 4.79 Å². The molecule has 0 atom stereocenters. The molecule has 0 spiro atoms. The molecule has 0 aliphatic rings. The molecule has 0 unspecified atom stereocenters. The van der Waals surface area contributed by atoms with Crippen LogP contribution in [-0.4, -0.2) is 34.8 Å². The third kappa shape index (κ3) is 4.06. The molecular formula is C18H18BrN5O. The zero-order valence-electron chi connectivity index (χ0n) is 14.0. The van der Waals surface area contributed by atoms with Crippen molar-refractivity contribution in [3.05, 3.63) is 70.6 Å². The maximum atomic E-state index is 12.4. The molecule has 0 aliphatic carbocycles. The van der Waals surface area contributed by atoms with Crippen molar-refractivity contribution in [2.45, 2.75) is 6.54 Å². The van der Waals surface area contributed by atoms with Gasteiger partial charge < -0.3 is 10.2 Å². The quantitative estimate of drug-likeness (QED) is 0.715. The van der Waals surface area contributed by atoms with E-state index >= 15 is 0 Å². The number of amides is 1. The van der Waals surface area contributed by atoms with Crippen molar-refractivity contribution in [2.24, 2.45) is 0 Å². The third-order valence-corrected chi connectivity index (χ3v) is 4.09. The predicted octanol–water partition coefficient (Wildman–Crippen LogP) is 3.03. The number of hydrogen-bond donors (Lipinski definition) is 1. The largest absolute Gasteiger partial charge is 0.362 e. The number of benzene rings is 1. The summed E-state index contributed by atoms with van der Waals surface area (Å²) in [6, 6.07) is 11.1. The van der Waals surface area contributed by atoms with Crippen LogP contribution in [0.1, 0.15) is 15.9 Å². The summed E-state index contributed by atoms with van der Waals surface area (Å²) in [7, 11) is 3.86. The van der Waals surface area contributed by atoms with Gasteiger partial charge in [-0.2, -0.15) is 5.10 Å². The van der Waals surface area contributed by atoms with Gasteiger partial charge in [0.15, 0.2) is 0 Å². The first-order chi connectivity index (χ1) is 12.0. The minimum absolute atomic E-state index is 0.123. The Morgan fingerprint density at radius 1 is 1.24 bits per heavy atom. The van der Waals surface area contributed by atoms with Crippen molar-refractivity contribution in [1.29, 1.82) is 0 Å². The second kappa shape index (κ2) is 7.48. The number of nitrogens with one attached hydrogen (secondary N) is 1. The Hall–Kier alpha value is -2.67. The first-order valence-electron chi connectivity index (χ1n) is 7.74. The van der Waals surface area contributed by atoms with Gasteiger partial charge in [0, 0.05) is 44.2 Å². The summed E-state index contributed by atoms with van der Waals surface area (Å²) in [5.41, 5.74) is 2.47. The summed E-state index contributed by atoms with van der Waals surface area (Å²) in [5, 5.41) is 7.16. The average Bonchev–Trinajstić information content (AvgIpc) is 3.06. The molecule has 2 aromatic heterocycles. The van der Waals surface area contributed by atoms with E-state index in [-0.39, 0.29) is 5.91 Å². The number of hydrogen-bond acceptors (Lipinski definition) is 4. The van der Waals surface area contributed by atoms with Crippen LogP contribution in [0.4, 0.5) is 5.82 Å². The Balaban J connectivity index is 1.68. The van der Waals surface area contributed by atoms with E-state index in [1.54, 1.807) is 29.2 Å². The van der Waals surface area contributed by atoms with Crippen molar-refractivity contribution in [2.75, 3.05) is 19.0 Å². The Morgan fingerprint density at radius 3 is 2.64 bits per heavy atom. The molecule has 25 heavy (non-hydrogen) atoms. The van der Waals surface area contributed by atoms with E-state index < -0.39 is 0 Å². The molecule has 128 valence electrons. The summed E-state index contributed by atoms with van der Waals surface area (Å²) in [6.45, 7) is 0.425. The number of halogens is 1. The number of anilines is 1. The smallest absolute Gasteiger partial charge is 0.251 e. The van der Waals surface area contributed by atoms with E-state index in [0.717, 1.165) is 21.5 Å². The molecule has 0 saturated heterocycles. The van der Waals surface area contributed by atoms with Crippen molar-refractivity contribution < 1.29 is 4.79 Å². The molecule has 3 rings (SSSR count). The maximum absolute atomic E-state index is 12.4. The van der Waals surface area contributed by atoms with Crippen LogP contribution in [0.25, 0.3) is 5.69 Å². The summed E-state index contributed by atoms with van der Waals surface area (Å²) in [4.78, 5) is 18.6. The Morgan fingerprint density at radius 2 is 2.00 bits per heavy atom. The molecule has 0 radical (unpaired) electrons. The molecule has 0 saturated carbocycles. The van der Waals surface area contributed by atoms with E-state index in [1.165, 1.54) is 0 Å². The van der Waals surface area contributed by atoms with Crippen LogP contribution >= 0.6 is 15.9 Å². The summed E-state index contributed by atoms with van der Waals surface area (Å²) in [5.74, 6) is 0.726. The van der Waals surface area contributed by atoms with Crippen molar-refractivity contribution in [3.8, 4) is 5.69 Å². The summed E-state index contributed by atoms with van der Waals surface area (Å²) in [6.07, 6.45) is 5.32. The fraction of sp³-hybridized carbons (Fsp3) is 0.167. The fourth-order valence-electron chi connectivity index (χ4n) is 2.46. The SMILES string of the molecule is CN(C)c1ncccc1CNC(=O)c1ccc(-n2cc(Br)cn2)cc1. The van der Waals surface area contributed by atoms with Crippen LogP contribution in [0.5, 0.6) is 0 Å². The molecule has 0 aliphatic heterocycles. The first-order valence-corrected chi connectivity index (χ1v) is 8.54. The highest BCUT2D eigenvalue weighted by atomic mass is 79.9. The normalized spacial score (nSPS) is 10.5. The zero-order chi connectivity index (χ0) is 17.8. The molecule has 6 nitrogen and oxygen atoms in total. The van der Waals surface area contributed by atoms with Crippen LogP contribution in [0.15, 0.2) is 59.5 Å². The minimum atomic E-state index is -0.123. The molecule has 0 bridgehead atoms. The summed E-state index contributed by atoms with van der Waals surface area (Å²) >= 11 is 3.37. The fourth-order valence-corrected chi connectivity index (χ4v) is 2.74. The zero-order valence-corrected chi connectivity index (χ0v) is 15.6. The maximum Gasteiger partial charge on any atom is 0.251 e. The number of aromatic nitrogens is 3.